The number of hydrogen-bond donors (Lipinski definition) is 1. The Morgan fingerprint density at radius 2 is 2.05 bits per heavy atom. The maximum atomic E-state index is 5.11. The zero-order chi connectivity index (χ0) is 14.5. The number of nitrogens with zero attached hydrogens (tertiary/aromatic N) is 5. The van der Waals surface area contributed by atoms with Crippen molar-refractivity contribution in [2.24, 2.45) is 0 Å². The molecule has 2 aromatic rings. The van der Waals surface area contributed by atoms with Crippen molar-refractivity contribution in [2.45, 2.75) is 18.9 Å². The summed E-state index contributed by atoms with van der Waals surface area (Å²) in [5, 5.41) is 3.44. The molecule has 0 aliphatic carbocycles. The van der Waals surface area contributed by atoms with Crippen LogP contribution in [0.25, 0.3) is 0 Å². The van der Waals surface area contributed by atoms with Crippen LogP contribution in [0.15, 0.2) is 31.0 Å². The monoisotopic (exact) mass is 286 g/mol. The van der Waals surface area contributed by atoms with Crippen LogP contribution in [0.5, 0.6) is 5.88 Å². The third kappa shape index (κ3) is 3.36. The molecule has 1 aliphatic heterocycles. The van der Waals surface area contributed by atoms with Crippen molar-refractivity contribution in [1.29, 1.82) is 0 Å². The van der Waals surface area contributed by atoms with E-state index in [4.69, 9.17) is 4.74 Å². The van der Waals surface area contributed by atoms with Gasteiger partial charge in [0.15, 0.2) is 0 Å². The standard InChI is InChI=1S/C14H18N6O/c1-21-14-8-12(16-10-18-14)19-11-3-6-20(7-4-11)13-2-5-15-9-17-13/h2,5,8-11H,3-4,6-7H2,1H3,(H,16,18,19). The van der Waals surface area contributed by atoms with Gasteiger partial charge < -0.3 is 15.0 Å². The smallest absolute Gasteiger partial charge is 0.218 e. The molecule has 1 N–H and O–H groups in total. The Morgan fingerprint density at radius 3 is 2.76 bits per heavy atom. The summed E-state index contributed by atoms with van der Waals surface area (Å²) < 4.78 is 5.11. The lowest BCUT2D eigenvalue weighted by atomic mass is 10.1. The molecular weight excluding hydrogens is 268 g/mol. The van der Waals surface area contributed by atoms with E-state index in [0.717, 1.165) is 37.6 Å². The summed E-state index contributed by atoms with van der Waals surface area (Å²) in [7, 11) is 1.60. The molecule has 0 unspecified atom stereocenters. The van der Waals surface area contributed by atoms with Crippen molar-refractivity contribution < 1.29 is 4.74 Å². The van der Waals surface area contributed by atoms with E-state index in [0.29, 0.717) is 11.9 Å². The average Bonchev–Trinajstić information content (AvgIpc) is 2.56. The first-order chi connectivity index (χ1) is 10.3. The second-order valence-electron chi connectivity index (χ2n) is 4.92. The molecule has 0 bridgehead atoms. The lowest BCUT2D eigenvalue weighted by molar-refractivity contribution is 0.397. The molecule has 1 fully saturated rings. The summed E-state index contributed by atoms with van der Waals surface area (Å²) in [6.45, 7) is 1.94. The summed E-state index contributed by atoms with van der Waals surface area (Å²) in [6.07, 6.45) is 6.95. The van der Waals surface area contributed by atoms with E-state index in [1.807, 2.05) is 12.1 Å². The molecular formula is C14H18N6O. The number of piperidine rings is 1. The quantitative estimate of drug-likeness (QED) is 0.909. The highest BCUT2D eigenvalue weighted by molar-refractivity contribution is 5.40. The van der Waals surface area contributed by atoms with E-state index < -0.39 is 0 Å². The van der Waals surface area contributed by atoms with Crippen molar-refractivity contribution >= 4 is 11.6 Å². The Kier molecular flexibility index (Phi) is 4.09. The van der Waals surface area contributed by atoms with Crippen LogP contribution in [0, 0.1) is 0 Å². The summed E-state index contributed by atoms with van der Waals surface area (Å²) in [5.41, 5.74) is 0. The van der Waals surface area contributed by atoms with Crippen molar-refractivity contribution in [3.05, 3.63) is 31.0 Å². The Morgan fingerprint density at radius 1 is 1.19 bits per heavy atom. The third-order valence-electron chi connectivity index (χ3n) is 3.59. The van der Waals surface area contributed by atoms with Crippen LogP contribution in [0.4, 0.5) is 11.6 Å². The number of nitrogens with one attached hydrogen (secondary N) is 1. The number of rotatable bonds is 4. The fraction of sp³-hybridized carbons (Fsp3) is 0.429. The van der Waals surface area contributed by atoms with Gasteiger partial charge in [0, 0.05) is 31.4 Å². The van der Waals surface area contributed by atoms with E-state index in [9.17, 15) is 0 Å². The lowest BCUT2D eigenvalue weighted by Crippen LogP contribution is -2.39. The van der Waals surface area contributed by atoms with Gasteiger partial charge >= 0.3 is 0 Å². The van der Waals surface area contributed by atoms with Gasteiger partial charge in [0.2, 0.25) is 5.88 Å². The van der Waals surface area contributed by atoms with E-state index >= 15 is 0 Å². The van der Waals surface area contributed by atoms with Crippen molar-refractivity contribution in [3.8, 4) is 5.88 Å². The molecule has 0 saturated carbocycles. The summed E-state index contributed by atoms with van der Waals surface area (Å²) >= 11 is 0. The van der Waals surface area contributed by atoms with Crippen molar-refractivity contribution in [1.82, 2.24) is 19.9 Å². The van der Waals surface area contributed by atoms with Gasteiger partial charge in [0.25, 0.3) is 0 Å². The summed E-state index contributed by atoms with van der Waals surface area (Å²) in [6, 6.07) is 4.17. The number of methoxy groups -OCH3 is 1. The fourth-order valence-electron chi connectivity index (χ4n) is 2.46. The number of ether oxygens (including phenoxy) is 1. The van der Waals surface area contributed by atoms with Gasteiger partial charge in [-0.05, 0) is 18.9 Å². The predicted octanol–water partition coefficient (Wildman–Crippen LogP) is 1.36. The molecule has 1 aliphatic rings. The van der Waals surface area contributed by atoms with Crippen molar-refractivity contribution in [3.63, 3.8) is 0 Å². The number of anilines is 2. The minimum atomic E-state index is 0.405. The van der Waals surface area contributed by atoms with Gasteiger partial charge in [-0.1, -0.05) is 0 Å². The maximum Gasteiger partial charge on any atom is 0.218 e. The average molecular weight is 286 g/mol. The van der Waals surface area contributed by atoms with Crippen LogP contribution in [-0.2, 0) is 0 Å². The Bertz CT molecular complexity index is 571. The van der Waals surface area contributed by atoms with E-state index in [1.165, 1.54) is 6.33 Å². The SMILES string of the molecule is COc1cc(NC2CCN(c3ccncn3)CC2)ncn1. The second kappa shape index (κ2) is 6.34. The highest BCUT2D eigenvalue weighted by atomic mass is 16.5. The third-order valence-corrected chi connectivity index (χ3v) is 3.59. The molecule has 0 atom stereocenters. The predicted molar refractivity (Wildman–Crippen MR) is 79.5 cm³/mol. The first-order valence-electron chi connectivity index (χ1n) is 6.98. The van der Waals surface area contributed by atoms with Crippen molar-refractivity contribution in [2.75, 3.05) is 30.4 Å². The Balaban J connectivity index is 1.56. The van der Waals surface area contributed by atoms with E-state index in [1.54, 1.807) is 19.6 Å². The van der Waals surface area contributed by atoms with Gasteiger partial charge in [0.05, 0.1) is 7.11 Å². The van der Waals surface area contributed by atoms with Gasteiger partial charge in [-0.2, -0.15) is 0 Å². The topological polar surface area (TPSA) is 76.1 Å². The molecule has 7 nitrogen and oxygen atoms in total. The van der Waals surface area contributed by atoms with Crippen LogP contribution in [0.2, 0.25) is 0 Å². The van der Waals surface area contributed by atoms with E-state index in [2.05, 4.69) is 30.2 Å². The summed E-state index contributed by atoms with van der Waals surface area (Å²) in [5.74, 6) is 2.38. The molecule has 21 heavy (non-hydrogen) atoms. The molecule has 3 heterocycles. The molecule has 1 saturated heterocycles. The van der Waals surface area contributed by atoms with Crippen LogP contribution >= 0.6 is 0 Å². The summed E-state index contributed by atoms with van der Waals surface area (Å²) in [4.78, 5) is 18.7. The first kappa shape index (κ1) is 13.5. The van der Waals surface area contributed by atoms with Gasteiger partial charge in [0.1, 0.15) is 24.3 Å². The maximum absolute atomic E-state index is 5.11. The van der Waals surface area contributed by atoms with Gasteiger partial charge in [-0.15, -0.1) is 0 Å². The molecule has 110 valence electrons. The van der Waals surface area contributed by atoms with Crippen LogP contribution in [-0.4, -0.2) is 46.2 Å². The normalized spacial score (nSPS) is 15.8. The molecule has 0 radical (unpaired) electrons. The number of aromatic nitrogens is 4. The van der Waals surface area contributed by atoms with Crippen LogP contribution < -0.4 is 15.0 Å². The lowest BCUT2D eigenvalue weighted by Gasteiger charge is -2.33. The molecule has 7 heteroatoms. The fourth-order valence-corrected chi connectivity index (χ4v) is 2.46. The second-order valence-corrected chi connectivity index (χ2v) is 4.92. The zero-order valence-electron chi connectivity index (χ0n) is 11.9. The Hall–Kier alpha value is -2.44. The van der Waals surface area contributed by atoms with Gasteiger partial charge in [-0.25, -0.2) is 19.9 Å². The van der Waals surface area contributed by atoms with Crippen LogP contribution in [0.1, 0.15) is 12.8 Å². The minimum Gasteiger partial charge on any atom is -0.481 e. The highest BCUT2D eigenvalue weighted by Gasteiger charge is 2.20. The number of hydrogen-bond acceptors (Lipinski definition) is 7. The minimum absolute atomic E-state index is 0.405. The first-order valence-corrected chi connectivity index (χ1v) is 6.98. The molecule has 0 spiro atoms. The molecule has 0 amide bonds. The Labute approximate surface area is 123 Å². The highest BCUT2D eigenvalue weighted by Crippen LogP contribution is 2.20. The molecule has 3 rings (SSSR count). The van der Waals surface area contributed by atoms with Gasteiger partial charge in [-0.3, -0.25) is 0 Å². The zero-order valence-corrected chi connectivity index (χ0v) is 11.9. The molecule has 2 aromatic heterocycles. The molecule has 0 aromatic carbocycles. The van der Waals surface area contributed by atoms with E-state index in [-0.39, 0.29) is 0 Å². The largest absolute Gasteiger partial charge is 0.481 e. The van der Waals surface area contributed by atoms with Crippen LogP contribution in [0.3, 0.4) is 0 Å².